The van der Waals surface area contributed by atoms with Gasteiger partial charge in [-0.3, -0.25) is 0 Å². The van der Waals surface area contributed by atoms with Crippen LogP contribution in [0.5, 0.6) is 0 Å². The van der Waals surface area contributed by atoms with E-state index in [1.165, 1.54) is 43.0 Å². The summed E-state index contributed by atoms with van der Waals surface area (Å²) in [6.07, 6.45) is 3.55. The molecule has 0 bridgehead atoms. The molecule has 3 heterocycles. The molecule has 0 saturated heterocycles. The van der Waals surface area contributed by atoms with E-state index in [2.05, 4.69) is 106 Å². The number of para-hydroxylation sites is 1. The van der Waals surface area contributed by atoms with Crippen LogP contribution in [0, 0.1) is 0 Å². The van der Waals surface area contributed by atoms with Gasteiger partial charge in [0.25, 0.3) is 0 Å². The van der Waals surface area contributed by atoms with Crippen LogP contribution >= 0.6 is 11.3 Å². The van der Waals surface area contributed by atoms with Gasteiger partial charge in [-0.2, -0.15) is 0 Å². The van der Waals surface area contributed by atoms with E-state index in [1.54, 1.807) is 17.7 Å². The van der Waals surface area contributed by atoms with Crippen molar-refractivity contribution in [3.63, 3.8) is 0 Å². The lowest BCUT2D eigenvalue weighted by atomic mass is 10.1. The van der Waals surface area contributed by atoms with E-state index < -0.39 is 0 Å². The fraction of sp³-hybridized carbons (Fsp3) is 0. The monoisotopic (exact) mass is 427 g/mol. The van der Waals surface area contributed by atoms with Gasteiger partial charge in [0, 0.05) is 38.1 Å². The highest BCUT2D eigenvalue weighted by atomic mass is 32.1. The lowest BCUT2D eigenvalue weighted by Crippen LogP contribution is -1.93. The topological polar surface area (TPSA) is 30.7 Å². The first kappa shape index (κ1) is 17.6. The molecule has 3 aromatic heterocycles. The summed E-state index contributed by atoms with van der Waals surface area (Å²) in [6.45, 7) is 0. The number of benzene rings is 4. The molecule has 0 aliphatic heterocycles. The van der Waals surface area contributed by atoms with Gasteiger partial charge in [0.15, 0.2) is 0 Å². The Morgan fingerprint density at radius 1 is 0.625 bits per heavy atom. The second-order valence-electron chi connectivity index (χ2n) is 7.97. The maximum Gasteiger partial charge on any atom is 0.127 e. The molecule has 0 spiro atoms. The number of aromatic nitrogens is 3. The predicted octanol–water partition coefficient (Wildman–Crippen LogP) is 7.61. The molecular formula is C28H17N3S. The van der Waals surface area contributed by atoms with Crippen molar-refractivity contribution in [1.82, 2.24) is 14.5 Å². The molecule has 0 atom stereocenters. The predicted molar refractivity (Wildman–Crippen MR) is 135 cm³/mol. The van der Waals surface area contributed by atoms with Crippen LogP contribution in [-0.4, -0.2) is 14.5 Å². The first-order valence-electron chi connectivity index (χ1n) is 10.6. The van der Waals surface area contributed by atoms with Gasteiger partial charge < -0.3 is 4.57 Å². The van der Waals surface area contributed by atoms with Gasteiger partial charge >= 0.3 is 0 Å². The number of hydrogen-bond acceptors (Lipinski definition) is 3. The van der Waals surface area contributed by atoms with Crippen molar-refractivity contribution in [3.8, 4) is 16.8 Å². The van der Waals surface area contributed by atoms with Gasteiger partial charge in [0.1, 0.15) is 11.2 Å². The maximum absolute atomic E-state index is 4.48. The molecule has 7 rings (SSSR count). The van der Waals surface area contributed by atoms with Gasteiger partial charge in [0.05, 0.1) is 11.0 Å². The zero-order valence-electron chi connectivity index (χ0n) is 17.1. The van der Waals surface area contributed by atoms with Gasteiger partial charge in [-0.05, 0) is 41.5 Å². The van der Waals surface area contributed by atoms with Crippen LogP contribution in [-0.2, 0) is 0 Å². The molecule has 0 saturated carbocycles. The number of fused-ring (bicyclic) bond motifs is 6. The van der Waals surface area contributed by atoms with Crippen LogP contribution in [0.25, 0.3) is 58.9 Å². The average molecular weight is 428 g/mol. The first-order valence-corrected chi connectivity index (χ1v) is 11.4. The summed E-state index contributed by atoms with van der Waals surface area (Å²) in [5, 5.41) is 4.86. The van der Waals surface area contributed by atoms with Crippen molar-refractivity contribution in [1.29, 1.82) is 0 Å². The molecule has 0 radical (unpaired) electrons. The molecule has 0 fully saturated rings. The molecule has 0 unspecified atom stereocenters. The van der Waals surface area contributed by atoms with E-state index in [4.69, 9.17) is 0 Å². The molecule has 4 aromatic carbocycles. The molecule has 150 valence electrons. The lowest BCUT2D eigenvalue weighted by Gasteiger charge is -2.09. The molecule has 3 nitrogen and oxygen atoms in total. The third-order valence-electron chi connectivity index (χ3n) is 6.18. The van der Waals surface area contributed by atoms with Crippen molar-refractivity contribution in [2.24, 2.45) is 0 Å². The zero-order chi connectivity index (χ0) is 21.1. The van der Waals surface area contributed by atoms with E-state index in [1.807, 2.05) is 6.20 Å². The molecular weight excluding hydrogens is 410 g/mol. The summed E-state index contributed by atoms with van der Waals surface area (Å²) in [4.78, 5) is 9.77. The van der Waals surface area contributed by atoms with Crippen LogP contribution in [0.2, 0.25) is 0 Å². The average Bonchev–Trinajstić information content (AvgIpc) is 3.38. The quantitative estimate of drug-likeness (QED) is 0.284. The van der Waals surface area contributed by atoms with Crippen molar-refractivity contribution in [3.05, 3.63) is 104 Å². The summed E-state index contributed by atoms with van der Waals surface area (Å²) < 4.78 is 3.61. The highest BCUT2D eigenvalue weighted by Gasteiger charge is 2.15. The Balaban J connectivity index is 1.52. The minimum atomic E-state index is 1.03. The van der Waals surface area contributed by atoms with Crippen molar-refractivity contribution in [2.45, 2.75) is 0 Å². The number of hydrogen-bond donors (Lipinski definition) is 0. The normalized spacial score (nSPS) is 11.8. The summed E-state index contributed by atoms with van der Waals surface area (Å²) in [5.74, 6) is 0. The van der Waals surface area contributed by atoms with Crippen LogP contribution in [0.3, 0.4) is 0 Å². The lowest BCUT2D eigenvalue weighted by molar-refractivity contribution is 1.18. The van der Waals surface area contributed by atoms with Crippen LogP contribution < -0.4 is 0 Å². The van der Waals surface area contributed by atoms with Gasteiger partial charge in [-0.15, -0.1) is 11.3 Å². The first-order chi connectivity index (χ1) is 15.9. The molecule has 0 aliphatic carbocycles. The van der Waals surface area contributed by atoms with Crippen molar-refractivity contribution in [2.75, 3.05) is 0 Å². The largest absolute Gasteiger partial charge is 0.309 e. The van der Waals surface area contributed by atoms with Crippen molar-refractivity contribution >= 4 is 53.4 Å². The Morgan fingerprint density at radius 3 is 2.28 bits per heavy atom. The Kier molecular flexibility index (Phi) is 3.72. The van der Waals surface area contributed by atoms with Crippen LogP contribution in [0.15, 0.2) is 104 Å². The van der Waals surface area contributed by atoms with E-state index in [9.17, 15) is 0 Å². The minimum Gasteiger partial charge on any atom is -0.309 e. The zero-order valence-corrected chi connectivity index (χ0v) is 17.9. The molecule has 0 amide bonds. The molecule has 4 heteroatoms. The van der Waals surface area contributed by atoms with E-state index >= 15 is 0 Å². The summed E-state index contributed by atoms with van der Waals surface area (Å²) in [5.41, 5.74) is 6.03. The van der Waals surface area contributed by atoms with E-state index in [0.29, 0.717) is 0 Å². The fourth-order valence-electron chi connectivity index (χ4n) is 4.69. The highest BCUT2D eigenvalue weighted by molar-refractivity contribution is 7.25. The van der Waals surface area contributed by atoms with Crippen molar-refractivity contribution < 1.29 is 0 Å². The summed E-state index contributed by atoms with van der Waals surface area (Å²) >= 11 is 1.73. The minimum absolute atomic E-state index is 1.03. The smallest absolute Gasteiger partial charge is 0.127 e. The van der Waals surface area contributed by atoms with E-state index in [-0.39, 0.29) is 0 Å². The summed E-state index contributed by atoms with van der Waals surface area (Å²) in [7, 11) is 0. The fourth-order valence-corrected chi connectivity index (χ4v) is 5.73. The van der Waals surface area contributed by atoms with E-state index in [0.717, 1.165) is 15.9 Å². The van der Waals surface area contributed by atoms with Gasteiger partial charge in [-0.1, -0.05) is 60.7 Å². The standard InChI is InChI=1S/C28H17N3S/c1-2-6-18(7-3-1)19-10-12-20(13-11-19)31-25-9-5-4-8-21(25)22-15-27-23(14-26(22)31)24-16-29-17-30-28(24)32-27/h1-17H. The molecule has 0 N–H and O–H groups in total. The maximum atomic E-state index is 4.48. The number of nitrogens with zero attached hydrogens (tertiary/aromatic N) is 3. The number of rotatable bonds is 2. The third-order valence-corrected chi connectivity index (χ3v) is 7.26. The molecule has 7 aromatic rings. The van der Waals surface area contributed by atoms with Gasteiger partial charge in [0.2, 0.25) is 0 Å². The van der Waals surface area contributed by atoms with Crippen LogP contribution in [0.4, 0.5) is 0 Å². The Bertz CT molecular complexity index is 1760. The number of thiophene rings is 1. The van der Waals surface area contributed by atoms with Gasteiger partial charge in [-0.25, -0.2) is 9.97 Å². The Morgan fingerprint density at radius 2 is 1.41 bits per heavy atom. The second kappa shape index (κ2) is 6.74. The van der Waals surface area contributed by atoms with Crippen LogP contribution in [0.1, 0.15) is 0 Å². The second-order valence-corrected chi connectivity index (χ2v) is 9.01. The Labute approximate surface area is 188 Å². The molecule has 0 aliphatic rings. The summed E-state index contributed by atoms with van der Waals surface area (Å²) in [6, 6.07) is 32.6. The third kappa shape index (κ3) is 2.53. The SMILES string of the molecule is c1ccc(-c2ccc(-n3c4ccccc4c4cc5sc6ncncc6c5cc43)cc2)cc1. The highest BCUT2D eigenvalue weighted by Crippen LogP contribution is 2.39. The molecule has 32 heavy (non-hydrogen) atoms. The Hall–Kier alpha value is -4.02.